The summed E-state index contributed by atoms with van der Waals surface area (Å²) in [5.41, 5.74) is 1.25. The molecule has 2 heteroatoms. The van der Waals surface area contributed by atoms with Crippen molar-refractivity contribution in [1.82, 2.24) is 5.32 Å². The summed E-state index contributed by atoms with van der Waals surface area (Å²) in [6.45, 7) is 4.49. The van der Waals surface area contributed by atoms with Gasteiger partial charge in [0, 0.05) is 17.6 Å². The van der Waals surface area contributed by atoms with Gasteiger partial charge in [0.2, 0.25) is 0 Å². The highest BCUT2D eigenvalue weighted by molar-refractivity contribution is 5.35. The van der Waals surface area contributed by atoms with Gasteiger partial charge in [0.05, 0.1) is 7.11 Å². The van der Waals surface area contributed by atoms with E-state index in [1.165, 1.54) is 18.4 Å². The largest absolute Gasteiger partial charge is 0.496 e. The van der Waals surface area contributed by atoms with Crippen molar-refractivity contribution in [3.63, 3.8) is 0 Å². The van der Waals surface area contributed by atoms with Crippen molar-refractivity contribution in [3.8, 4) is 5.75 Å². The molecule has 0 heterocycles. The number of methoxy groups -OCH3 is 1. The van der Waals surface area contributed by atoms with Gasteiger partial charge >= 0.3 is 0 Å². The van der Waals surface area contributed by atoms with Gasteiger partial charge in [0.15, 0.2) is 0 Å². The second kappa shape index (κ2) is 4.88. The van der Waals surface area contributed by atoms with Crippen LogP contribution in [-0.4, -0.2) is 13.2 Å². The molecule has 1 aromatic carbocycles. The summed E-state index contributed by atoms with van der Waals surface area (Å²) in [5, 5.41) is 3.65. The average Bonchev–Trinajstić information content (AvgIpc) is 3.12. The molecule has 2 atom stereocenters. The number of benzene rings is 1. The van der Waals surface area contributed by atoms with E-state index in [0.29, 0.717) is 12.1 Å². The maximum absolute atomic E-state index is 5.38. The Labute approximate surface area is 98.0 Å². The van der Waals surface area contributed by atoms with Crippen LogP contribution in [0.4, 0.5) is 0 Å². The third kappa shape index (κ3) is 2.56. The zero-order chi connectivity index (χ0) is 11.5. The minimum atomic E-state index is 0.353. The maximum atomic E-state index is 5.38. The van der Waals surface area contributed by atoms with E-state index < -0.39 is 0 Å². The van der Waals surface area contributed by atoms with Crippen molar-refractivity contribution in [2.24, 2.45) is 5.92 Å². The highest BCUT2D eigenvalue weighted by Crippen LogP contribution is 2.34. The van der Waals surface area contributed by atoms with Gasteiger partial charge < -0.3 is 10.1 Å². The Morgan fingerprint density at radius 1 is 1.25 bits per heavy atom. The molecule has 1 fully saturated rings. The van der Waals surface area contributed by atoms with Crippen LogP contribution in [0.5, 0.6) is 5.75 Å². The summed E-state index contributed by atoms with van der Waals surface area (Å²) in [5.74, 6) is 1.86. The van der Waals surface area contributed by atoms with E-state index in [0.717, 1.165) is 11.7 Å². The van der Waals surface area contributed by atoms with E-state index in [-0.39, 0.29) is 0 Å². The first-order chi connectivity index (χ1) is 7.72. The smallest absolute Gasteiger partial charge is 0.123 e. The maximum Gasteiger partial charge on any atom is 0.123 e. The summed E-state index contributed by atoms with van der Waals surface area (Å²) in [4.78, 5) is 0. The average molecular weight is 219 g/mol. The molecular formula is C14H21NO. The summed E-state index contributed by atoms with van der Waals surface area (Å²) in [6.07, 6.45) is 2.76. The van der Waals surface area contributed by atoms with Crippen LogP contribution in [0.1, 0.15) is 38.3 Å². The molecule has 0 amide bonds. The fourth-order valence-electron chi connectivity index (χ4n) is 2.24. The molecule has 2 unspecified atom stereocenters. The van der Waals surface area contributed by atoms with Crippen LogP contribution in [0.15, 0.2) is 24.3 Å². The lowest BCUT2D eigenvalue weighted by Crippen LogP contribution is -2.30. The molecule has 2 nitrogen and oxygen atoms in total. The van der Waals surface area contributed by atoms with E-state index in [1.807, 2.05) is 12.1 Å². The van der Waals surface area contributed by atoms with Crippen molar-refractivity contribution in [3.05, 3.63) is 29.8 Å². The molecule has 0 spiro atoms. The Morgan fingerprint density at radius 3 is 2.56 bits per heavy atom. The van der Waals surface area contributed by atoms with Gasteiger partial charge in [-0.2, -0.15) is 0 Å². The van der Waals surface area contributed by atoms with E-state index >= 15 is 0 Å². The Bertz CT molecular complexity index is 346. The second-order valence-corrected chi connectivity index (χ2v) is 4.76. The standard InChI is InChI=1S/C14H21NO/c1-10(12-8-9-12)15-11(2)13-6-4-5-7-14(13)16-3/h4-7,10-12,15H,8-9H2,1-3H3. The van der Waals surface area contributed by atoms with E-state index in [4.69, 9.17) is 4.74 Å². The van der Waals surface area contributed by atoms with E-state index in [9.17, 15) is 0 Å². The molecule has 1 aliphatic rings. The highest BCUT2D eigenvalue weighted by atomic mass is 16.5. The van der Waals surface area contributed by atoms with Crippen LogP contribution < -0.4 is 10.1 Å². The fraction of sp³-hybridized carbons (Fsp3) is 0.571. The van der Waals surface area contributed by atoms with Crippen LogP contribution in [-0.2, 0) is 0 Å². The number of rotatable bonds is 5. The van der Waals surface area contributed by atoms with Crippen LogP contribution in [0.25, 0.3) is 0 Å². The number of nitrogens with one attached hydrogen (secondary N) is 1. The minimum Gasteiger partial charge on any atom is -0.496 e. The van der Waals surface area contributed by atoms with E-state index in [2.05, 4.69) is 31.3 Å². The summed E-state index contributed by atoms with van der Waals surface area (Å²) >= 11 is 0. The van der Waals surface area contributed by atoms with Gasteiger partial charge in [-0.3, -0.25) is 0 Å². The van der Waals surface area contributed by atoms with Crippen LogP contribution in [0.3, 0.4) is 0 Å². The molecule has 88 valence electrons. The molecule has 16 heavy (non-hydrogen) atoms. The molecule has 2 rings (SSSR count). The van der Waals surface area contributed by atoms with Crippen molar-refractivity contribution in [1.29, 1.82) is 0 Å². The lowest BCUT2D eigenvalue weighted by atomic mass is 10.1. The molecule has 1 aliphatic carbocycles. The predicted octanol–water partition coefficient (Wildman–Crippen LogP) is 3.14. The van der Waals surface area contributed by atoms with Gasteiger partial charge in [-0.1, -0.05) is 18.2 Å². The molecule has 0 aromatic heterocycles. The zero-order valence-corrected chi connectivity index (χ0v) is 10.4. The number of hydrogen-bond acceptors (Lipinski definition) is 2. The molecule has 0 aliphatic heterocycles. The number of para-hydroxylation sites is 1. The van der Waals surface area contributed by atoms with Crippen molar-refractivity contribution >= 4 is 0 Å². The fourth-order valence-corrected chi connectivity index (χ4v) is 2.24. The summed E-state index contributed by atoms with van der Waals surface area (Å²) < 4.78 is 5.38. The van der Waals surface area contributed by atoms with E-state index in [1.54, 1.807) is 7.11 Å². The van der Waals surface area contributed by atoms with Crippen molar-refractivity contribution in [2.45, 2.75) is 38.8 Å². The molecule has 1 saturated carbocycles. The summed E-state index contributed by atoms with van der Waals surface area (Å²) in [6, 6.07) is 9.20. The van der Waals surface area contributed by atoms with Crippen LogP contribution in [0.2, 0.25) is 0 Å². The quantitative estimate of drug-likeness (QED) is 0.821. The molecule has 1 N–H and O–H groups in total. The van der Waals surface area contributed by atoms with Gasteiger partial charge in [0.25, 0.3) is 0 Å². The Kier molecular flexibility index (Phi) is 3.49. The third-order valence-corrected chi connectivity index (χ3v) is 3.45. The topological polar surface area (TPSA) is 21.3 Å². The Morgan fingerprint density at radius 2 is 1.94 bits per heavy atom. The van der Waals surface area contributed by atoms with Crippen LogP contribution >= 0.6 is 0 Å². The SMILES string of the molecule is COc1ccccc1C(C)NC(C)C1CC1. The molecule has 1 aromatic rings. The Balaban J connectivity index is 2.04. The van der Waals surface area contributed by atoms with Gasteiger partial charge in [-0.25, -0.2) is 0 Å². The number of hydrogen-bond donors (Lipinski definition) is 1. The van der Waals surface area contributed by atoms with Gasteiger partial charge in [-0.15, -0.1) is 0 Å². The first kappa shape index (κ1) is 11.5. The summed E-state index contributed by atoms with van der Waals surface area (Å²) in [7, 11) is 1.73. The van der Waals surface area contributed by atoms with Gasteiger partial charge in [-0.05, 0) is 38.7 Å². The lowest BCUT2D eigenvalue weighted by Gasteiger charge is -2.21. The highest BCUT2D eigenvalue weighted by Gasteiger charge is 2.29. The first-order valence-electron chi connectivity index (χ1n) is 6.11. The molecule has 0 saturated heterocycles. The molecule has 0 radical (unpaired) electrons. The predicted molar refractivity (Wildman–Crippen MR) is 66.7 cm³/mol. The number of ether oxygens (including phenoxy) is 1. The van der Waals surface area contributed by atoms with Gasteiger partial charge in [0.1, 0.15) is 5.75 Å². The van der Waals surface area contributed by atoms with Crippen LogP contribution in [0, 0.1) is 5.92 Å². The monoisotopic (exact) mass is 219 g/mol. The zero-order valence-electron chi connectivity index (χ0n) is 10.4. The molecule has 0 bridgehead atoms. The third-order valence-electron chi connectivity index (χ3n) is 3.45. The second-order valence-electron chi connectivity index (χ2n) is 4.76. The normalized spacial score (nSPS) is 19.2. The van der Waals surface area contributed by atoms with Crippen molar-refractivity contribution < 1.29 is 4.74 Å². The lowest BCUT2D eigenvalue weighted by molar-refractivity contribution is 0.389. The minimum absolute atomic E-state index is 0.353. The Hall–Kier alpha value is -1.02. The molecular weight excluding hydrogens is 198 g/mol. The van der Waals surface area contributed by atoms with Crippen molar-refractivity contribution in [2.75, 3.05) is 7.11 Å². The first-order valence-corrected chi connectivity index (χ1v) is 6.11.